The highest BCUT2D eigenvalue weighted by Crippen LogP contribution is 2.25. The van der Waals surface area contributed by atoms with Gasteiger partial charge in [0.1, 0.15) is 5.75 Å². The largest absolute Gasteiger partial charge is 0.496 e. The van der Waals surface area contributed by atoms with Gasteiger partial charge in [0.15, 0.2) is 0 Å². The van der Waals surface area contributed by atoms with Crippen molar-refractivity contribution in [2.75, 3.05) is 19.0 Å². The monoisotopic (exact) mass is 418 g/mol. The molecule has 0 bridgehead atoms. The van der Waals surface area contributed by atoms with E-state index in [1.807, 2.05) is 42.1 Å². The second kappa shape index (κ2) is 9.35. The molecule has 2 aromatic carbocycles. The predicted octanol–water partition coefficient (Wildman–Crippen LogP) is 3.87. The number of ether oxygens (including phenoxy) is 1. The van der Waals surface area contributed by atoms with Crippen molar-refractivity contribution in [1.82, 2.24) is 14.7 Å². The van der Waals surface area contributed by atoms with Gasteiger partial charge in [0.25, 0.3) is 0 Å². The van der Waals surface area contributed by atoms with Gasteiger partial charge < -0.3 is 10.1 Å². The van der Waals surface area contributed by atoms with E-state index >= 15 is 0 Å². The quantitative estimate of drug-likeness (QED) is 0.633. The first-order chi connectivity index (χ1) is 15.0. The SMILES string of the molecule is COc1ccccc1CCC(=O)Nc1ccc2c(c1)CN(Cc1cn(C)nc1C)CC2. The van der Waals surface area contributed by atoms with Crippen LogP contribution in [0, 0.1) is 6.92 Å². The Morgan fingerprint density at radius 3 is 2.77 bits per heavy atom. The summed E-state index contributed by atoms with van der Waals surface area (Å²) in [5, 5.41) is 7.52. The number of anilines is 1. The van der Waals surface area contributed by atoms with Gasteiger partial charge in [-0.1, -0.05) is 24.3 Å². The number of carbonyl (C=O) groups is 1. The molecule has 0 aliphatic carbocycles. The first kappa shape index (κ1) is 21.1. The number of carbonyl (C=O) groups excluding carboxylic acids is 1. The molecule has 31 heavy (non-hydrogen) atoms. The van der Waals surface area contributed by atoms with Gasteiger partial charge in [-0.25, -0.2) is 0 Å². The van der Waals surface area contributed by atoms with Crippen LogP contribution in [0.15, 0.2) is 48.7 Å². The molecule has 6 nitrogen and oxygen atoms in total. The summed E-state index contributed by atoms with van der Waals surface area (Å²) in [6, 6.07) is 14.1. The molecule has 1 aliphatic heterocycles. The molecule has 1 aromatic heterocycles. The molecule has 0 radical (unpaired) electrons. The highest BCUT2D eigenvalue weighted by atomic mass is 16.5. The lowest BCUT2D eigenvalue weighted by Gasteiger charge is -2.29. The highest BCUT2D eigenvalue weighted by molar-refractivity contribution is 5.91. The van der Waals surface area contributed by atoms with Crippen LogP contribution >= 0.6 is 0 Å². The van der Waals surface area contributed by atoms with Crippen molar-refractivity contribution in [3.05, 3.63) is 76.6 Å². The van der Waals surface area contributed by atoms with Gasteiger partial charge >= 0.3 is 0 Å². The van der Waals surface area contributed by atoms with Gasteiger partial charge in [0, 0.05) is 50.6 Å². The summed E-state index contributed by atoms with van der Waals surface area (Å²) in [4.78, 5) is 15.0. The zero-order chi connectivity index (χ0) is 21.8. The Hall–Kier alpha value is -3.12. The molecule has 4 rings (SSSR count). The molecular formula is C25H30N4O2. The summed E-state index contributed by atoms with van der Waals surface area (Å²) in [7, 11) is 3.62. The molecule has 1 aliphatic rings. The maximum absolute atomic E-state index is 12.5. The van der Waals surface area contributed by atoms with Crippen molar-refractivity contribution in [2.24, 2.45) is 7.05 Å². The molecule has 0 saturated heterocycles. The molecule has 0 saturated carbocycles. The fraction of sp³-hybridized carbons (Fsp3) is 0.360. The molecular weight excluding hydrogens is 388 g/mol. The topological polar surface area (TPSA) is 59.4 Å². The van der Waals surface area contributed by atoms with Crippen LogP contribution in [0.2, 0.25) is 0 Å². The third-order valence-electron chi connectivity index (χ3n) is 5.90. The number of aromatic nitrogens is 2. The van der Waals surface area contributed by atoms with E-state index in [0.29, 0.717) is 12.8 Å². The highest BCUT2D eigenvalue weighted by Gasteiger charge is 2.18. The smallest absolute Gasteiger partial charge is 0.224 e. The third-order valence-corrected chi connectivity index (χ3v) is 5.90. The Morgan fingerprint density at radius 1 is 1.16 bits per heavy atom. The zero-order valence-corrected chi connectivity index (χ0v) is 18.5. The van der Waals surface area contributed by atoms with Crippen LogP contribution in [0.5, 0.6) is 5.75 Å². The van der Waals surface area contributed by atoms with Crippen LogP contribution in [-0.4, -0.2) is 34.2 Å². The number of methoxy groups -OCH3 is 1. The van der Waals surface area contributed by atoms with E-state index in [-0.39, 0.29) is 5.91 Å². The summed E-state index contributed by atoms with van der Waals surface area (Å²) in [6.45, 7) is 4.88. The van der Waals surface area contributed by atoms with Gasteiger partial charge in [-0.2, -0.15) is 5.10 Å². The van der Waals surface area contributed by atoms with Crippen LogP contribution in [-0.2, 0) is 37.8 Å². The average Bonchev–Trinajstić information content (AvgIpc) is 3.08. The van der Waals surface area contributed by atoms with Crippen molar-refractivity contribution in [1.29, 1.82) is 0 Å². The normalized spacial score (nSPS) is 13.6. The van der Waals surface area contributed by atoms with Crippen LogP contribution in [0.3, 0.4) is 0 Å². The van der Waals surface area contributed by atoms with Crippen molar-refractivity contribution < 1.29 is 9.53 Å². The number of amides is 1. The van der Waals surface area contributed by atoms with Gasteiger partial charge in [0.2, 0.25) is 5.91 Å². The maximum atomic E-state index is 12.5. The lowest BCUT2D eigenvalue weighted by molar-refractivity contribution is -0.116. The van der Waals surface area contributed by atoms with Crippen LogP contribution in [0.25, 0.3) is 0 Å². The second-order valence-corrected chi connectivity index (χ2v) is 8.22. The number of rotatable bonds is 7. The summed E-state index contributed by atoms with van der Waals surface area (Å²) in [5.74, 6) is 0.845. The molecule has 0 fully saturated rings. The number of hydrogen-bond acceptors (Lipinski definition) is 4. The Kier molecular flexibility index (Phi) is 6.37. The van der Waals surface area contributed by atoms with E-state index < -0.39 is 0 Å². The number of hydrogen-bond donors (Lipinski definition) is 1. The maximum Gasteiger partial charge on any atom is 0.224 e. The van der Waals surface area contributed by atoms with Crippen molar-refractivity contribution >= 4 is 11.6 Å². The number of nitrogens with one attached hydrogen (secondary N) is 1. The Balaban J connectivity index is 1.36. The van der Waals surface area contributed by atoms with E-state index in [0.717, 1.165) is 48.7 Å². The van der Waals surface area contributed by atoms with Gasteiger partial charge in [-0.3, -0.25) is 14.4 Å². The Labute approximate surface area is 183 Å². The van der Waals surface area contributed by atoms with Crippen molar-refractivity contribution in [2.45, 2.75) is 39.3 Å². The molecule has 0 atom stereocenters. The fourth-order valence-corrected chi connectivity index (χ4v) is 4.25. The summed E-state index contributed by atoms with van der Waals surface area (Å²) in [6.07, 6.45) is 4.20. The summed E-state index contributed by atoms with van der Waals surface area (Å²) in [5.41, 5.74) is 6.92. The van der Waals surface area contributed by atoms with Crippen molar-refractivity contribution in [3.8, 4) is 5.75 Å². The van der Waals surface area contributed by atoms with Crippen LogP contribution < -0.4 is 10.1 Å². The number of fused-ring (bicyclic) bond motifs is 1. The molecule has 162 valence electrons. The predicted molar refractivity (Wildman–Crippen MR) is 122 cm³/mol. The number of para-hydroxylation sites is 1. The van der Waals surface area contributed by atoms with Crippen LogP contribution in [0.4, 0.5) is 5.69 Å². The zero-order valence-electron chi connectivity index (χ0n) is 18.5. The van der Waals surface area contributed by atoms with Gasteiger partial charge in [-0.05, 0) is 54.7 Å². The Bertz CT molecular complexity index is 1070. The number of aryl methyl sites for hydroxylation is 3. The Morgan fingerprint density at radius 2 is 2.00 bits per heavy atom. The summed E-state index contributed by atoms with van der Waals surface area (Å²) >= 11 is 0. The van der Waals surface area contributed by atoms with E-state index in [2.05, 4.69) is 40.6 Å². The first-order valence-electron chi connectivity index (χ1n) is 10.8. The molecule has 3 aromatic rings. The molecule has 0 unspecified atom stereocenters. The van der Waals surface area contributed by atoms with Crippen molar-refractivity contribution in [3.63, 3.8) is 0 Å². The molecule has 2 heterocycles. The second-order valence-electron chi connectivity index (χ2n) is 8.22. The van der Waals surface area contributed by atoms with Gasteiger partial charge in [-0.15, -0.1) is 0 Å². The minimum Gasteiger partial charge on any atom is -0.496 e. The van der Waals surface area contributed by atoms with E-state index in [1.54, 1.807) is 7.11 Å². The van der Waals surface area contributed by atoms with E-state index in [9.17, 15) is 4.79 Å². The minimum atomic E-state index is 0.0181. The number of nitrogens with zero attached hydrogens (tertiary/aromatic N) is 3. The molecule has 1 amide bonds. The minimum absolute atomic E-state index is 0.0181. The van der Waals surface area contributed by atoms with Gasteiger partial charge in [0.05, 0.1) is 12.8 Å². The summed E-state index contributed by atoms with van der Waals surface area (Å²) < 4.78 is 7.25. The van der Waals surface area contributed by atoms with Crippen LogP contribution in [0.1, 0.15) is 34.4 Å². The fourth-order valence-electron chi connectivity index (χ4n) is 4.25. The lowest BCUT2D eigenvalue weighted by atomic mass is 9.98. The average molecular weight is 419 g/mol. The molecule has 1 N–H and O–H groups in total. The number of benzene rings is 2. The molecule has 0 spiro atoms. The van der Waals surface area contributed by atoms with E-state index in [4.69, 9.17) is 4.74 Å². The standard InChI is InChI=1S/C25H30N4O2/c1-18-22(15-28(2)27-18)17-29-13-12-19-8-10-23(14-21(19)16-29)26-25(30)11-9-20-6-4-5-7-24(20)31-3/h4-8,10,14-15H,9,11-13,16-17H2,1-3H3,(H,26,30). The lowest BCUT2D eigenvalue weighted by Crippen LogP contribution is -2.30. The van der Waals surface area contributed by atoms with E-state index in [1.165, 1.54) is 16.7 Å². The third kappa shape index (κ3) is 5.14. The first-order valence-corrected chi connectivity index (χ1v) is 10.8. The molecule has 6 heteroatoms.